The fourth-order valence-corrected chi connectivity index (χ4v) is 3.23. The zero-order valence-electron chi connectivity index (χ0n) is 16.9. The highest BCUT2D eigenvalue weighted by atomic mass is 16.5. The van der Waals surface area contributed by atoms with Gasteiger partial charge in [0.15, 0.2) is 0 Å². The van der Waals surface area contributed by atoms with E-state index in [1.54, 1.807) is 20.8 Å². The number of hydrogen-bond donors (Lipinski definition) is 2. The van der Waals surface area contributed by atoms with Crippen LogP contribution in [-0.4, -0.2) is 35.6 Å². The molecule has 0 aliphatic carbocycles. The van der Waals surface area contributed by atoms with Gasteiger partial charge in [0.05, 0.1) is 17.9 Å². The van der Waals surface area contributed by atoms with Gasteiger partial charge in [-0.05, 0) is 31.4 Å². The Balaban J connectivity index is 2.33. The summed E-state index contributed by atoms with van der Waals surface area (Å²) in [5, 5.41) is 12.3. The number of amides is 1. The first kappa shape index (κ1) is 22.1. The zero-order valence-corrected chi connectivity index (χ0v) is 16.9. The SMILES string of the molecule is CCOC(=O)[C@H](C)C[C@@H](NC(=O)C(C)(c1ccccc1)c1ccccc1)C(=O)O. The Morgan fingerprint density at radius 3 is 1.90 bits per heavy atom. The second-order valence-electron chi connectivity index (χ2n) is 7.11. The Morgan fingerprint density at radius 2 is 1.48 bits per heavy atom. The average molecular weight is 397 g/mol. The summed E-state index contributed by atoms with van der Waals surface area (Å²) in [4.78, 5) is 37.1. The van der Waals surface area contributed by atoms with Gasteiger partial charge < -0.3 is 15.2 Å². The summed E-state index contributed by atoms with van der Waals surface area (Å²) in [6, 6.07) is 17.2. The monoisotopic (exact) mass is 397 g/mol. The molecule has 2 N–H and O–H groups in total. The molecule has 0 saturated heterocycles. The molecule has 6 heteroatoms. The van der Waals surface area contributed by atoms with Gasteiger partial charge in [-0.3, -0.25) is 9.59 Å². The number of ether oxygens (including phenoxy) is 1. The Hall–Kier alpha value is -3.15. The van der Waals surface area contributed by atoms with Crippen molar-refractivity contribution in [3.63, 3.8) is 0 Å². The number of hydrogen-bond acceptors (Lipinski definition) is 4. The van der Waals surface area contributed by atoms with Crippen LogP contribution in [0.3, 0.4) is 0 Å². The van der Waals surface area contributed by atoms with Gasteiger partial charge in [-0.15, -0.1) is 0 Å². The second-order valence-corrected chi connectivity index (χ2v) is 7.11. The lowest BCUT2D eigenvalue weighted by molar-refractivity contribution is -0.149. The van der Waals surface area contributed by atoms with E-state index < -0.39 is 35.2 Å². The summed E-state index contributed by atoms with van der Waals surface area (Å²) in [7, 11) is 0. The lowest BCUT2D eigenvalue weighted by Gasteiger charge is -2.31. The van der Waals surface area contributed by atoms with Crippen LogP contribution in [0.1, 0.15) is 38.3 Å². The van der Waals surface area contributed by atoms with Crippen LogP contribution < -0.4 is 5.32 Å². The topological polar surface area (TPSA) is 92.7 Å². The van der Waals surface area contributed by atoms with E-state index in [1.807, 2.05) is 60.7 Å². The molecule has 2 atom stereocenters. The lowest BCUT2D eigenvalue weighted by atomic mass is 9.75. The highest BCUT2D eigenvalue weighted by Gasteiger charge is 2.39. The van der Waals surface area contributed by atoms with Crippen molar-refractivity contribution in [2.75, 3.05) is 6.61 Å². The van der Waals surface area contributed by atoms with E-state index in [-0.39, 0.29) is 13.0 Å². The molecule has 29 heavy (non-hydrogen) atoms. The van der Waals surface area contributed by atoms with Gasteiger partial charge in [-0.1, -0.05) is 67.6 Å². The molecule has 0 fully saturated rings. The summed E-state index contributed by atoms with van der Waals surface area (Å²) in [6.07, 6.45) is -0.0560. The molecule has 1 amide bonds. The highest BCUT2D eigenvalue weighted by Crippen LogP contribution is 2.32. The van der Waals surface area contributed by atoms with Crippen LogP contribution in [0.2, 0.25) is 0 Å². The van der Waals surface area contributed by atoms with Crippen molar-refractivity contribution in [1.29, 1.82) is 0 Å². The van der Waals surface area contributed by atoms with Gasteiger partial charge in [0.2, 0.25) is 5.91 Å². The van der Waals surface area contributed by atoms with E-state index in [9.17, 15) is 19.5 Å². The number of aliphatic carboxylic acids is 1. The van der Waals surface area contributed by atoms with Crippen LogP contribution in [0.15, 0.2) is 60.7 Å². The number of esters is 1. The molecule has 154 valence electrons. The zero-order chi connectivity index (χ0) is 21.4. The summed E-state index contributed by atoms with van der Waals surface area (Å²) in [5.74, 6) is -2.78. The third kappa shape index (κ3) is 5.22. The Morgan fingerprint density at radius 1 is 1.00 bits per heavy atom. The van der Waals surface area contributed by atoms with E-state index in [0.29, 0.717) is 0 Å². The first-order valence-corrected chi connectivity index (χ1v) is 9.62. The van der Waals surface area contributed by atoms with Crippen molar-refractivity contribution in [3.05, 3.63) is 71.8 Å². The van der Waals surface area contributed by atoms with Gasteiger partial charge in [0.1, 0.15) is 6.04 Å². The first-order chi connectivity index (χ1) is 13.8. The molecule has 2 aromatic carbocycles. The van der Waals surface area contributed by atoms with E-state index in [2.05, 4.69) is 5.32 Å². The maximum absolute atomic E-state index is 13.4. The molecule has 0 saturated carbocycles. The Kier molecular flexibility index (Phi) is 7.53. The number of benzene rings is 2. The average Bonchev–Trinajstić information content (AvgIpc) is 2.73. The highest BCUT2D eigenvalue weighted by molar-refractivity contribution is 5.94. The molecule has 2 rings (SSSR count). The number of rotatable bonds is 9. The molecular formula is C23H27NO5. The smallest absolute Gasteiger partial charge is 0.326 e. The van der Waals surface area contributed by atoms with Crippen LogP contribution in [0.5, 0.6) is 0 Å². The fraction of sp³-hybridized carbons (Fsp3) is 0.348. The van der Waals surface area contributed by atoms with Crippen molar-refractivity contribution in [2.45, 2.75) is 38.6 Å². The maximum atomic E-state index is 13.4. The van der Waals surface area contributed by atoms with E-state index in [0.717, 1.165) is 11.1 Å². The number of nitrogens with one attached hydrogen (secondary N) is 1. The van der Waals surface area contributed by atoms with E-state index >= 15 is 0 Å². The Bertz CT molecular complexity index is 795. The third-order valence-electron chi connectivity index (χ3n) is 5.04. The number of carbonyl (C=O) groups excluding carboxylic acids is 2. The third-order valence-corrected chi connectivity index (χ3v) is 5.04. The Labute approximate surface area is 170 Å². The maximum Gasteiger partial charge on any atom is 0.326 e. The predicted molar refractivity (Wildman–Crippen MR) is 109 cm³/mol. The molecule has 0 heterocycles. The number of carbonyl (C=O) groups is 3. The normalized spacial score (nSPS) is 13.2. The van der Waals surface area contributed by atoms with Crippen molar-refractivity contribution in [3.8, 4) is 0 Å². The van der Waals surface area contributed by atoms with Crippen LogP contribution in [0.25, 0.3) is 0 Å². The summed E-state index contributed by atoms with van der Waals surface area (Å²) < 4.78 is 4.95. The molecule has 2 aromatic rings. The first-order valence-electron chi connectivity index (χ1n) is 9.62. The van der Waals surface area contributed by atoms with E-state index in [1.165, 1.54) is 0 Å². The minimum Gasteiger partial charge on any atom is -0.480 e. The van der Waals surface area contributed by atoms with Gasteiger partial charge in [0, 0.05) is 0 Å². The van der Waals surface area contributed by atoms with Gasteiger partial charge >= 0.3 is 11.9 Å². The lowest BCUT2D eigenvalue weighted by Crippen LogP contribution is -2.50. The van der Waals surface area contributed by atoms with Crippen molar-refractivity contribution >= 4 is 17.8 Å². The van der Waals surface area contributed by atoms with Gasteiger partial charge in [-0.2, -0.15) is 0 Å². The van der Waals surface area contributed by atoms with Gasteiger partial charge in [-0.25, -0.2) is 4.79 Å². The standard InChI is InChI=1S/C23H27NO5/c1-4-29-21(27)16(2)15-19(20(25)26)24-22(28)23(3,17-11-7-5-8-12-17)18-13-9-6-10-14-18/h5-14,16,19H,4,15H2,1-3H3,(H,24,28)(H,25,26)/t16-,19-/m1/s1. The molecule has 0 aliphatic heterocycles. The minimum absolute atomic E-state index is 0.0560. The summed E-state index contributed by atoms with van der Waals surface area (Å²) in [6.45, 7) is 5.26. The summed E-state index contributed by atoms with van der Waals surface area (Å²) >= 11 is 0. The van der Waals surface area contributed by atoms with Crippen LogP contribution in [0, 0.1) is 5.92 Å². The number of carboxylic acid groups (broad SMARTS) is 1. The molecule has 6 nitrogen and oxygen atoms in total. The second kappa shape index (κ2) is 9.87. The molecular weight excluding hydrogens is 370 g/mol. The molecule has 0 spiro atoms. The number of carboxylic acids is 1. The van der Waals surface area contributed by atoms with Crippen LogP contribution in [-0.2, 0) is 24.5 Å². The molecule has 0 aromatic heterocycles. The van der Waals surface area contributed by atoms with Gasteiger partial charge in [0.25, 0.3) is 0 Å². The molecule has 0 aliphatic rings. The van der Waals surface area contributed by atoms with Crippen molar-refractivity contribution < 1.29 is 24.2 Å². The fourth-order valence-electron chi connectivity index (χ4n) is 3.23. The quantitative estimate of drug-likeness (QED) is 0.634. The van der Waals surface area contributed by atoms with Crippen molar-refractivity contribution in [2.24, 2.45) is 5.92 Å². The minimum atomic E-state index is -1.21. The van der Waals surface area contributed by atoms with Crippen LogP contribution in [0.4, 0.5) is 0 Å². The predicted octanol–water partition coefficient (Wildman–Crippen LogP) is 3.15. The summed E-state index contributed by atoms with van der Waals surface area (Å²) in [5.41, 5.74) is 0.390. The largest absolute Gasteiger partial charge is 0.480 e. The van der Waals surface area contributed by atoms with E-state index in [4.69, 9.17) is 4.74 Å². The molecule has 0 radical (unpaired) electrons. The molecule has 0 unspecified atom stereocenters. The van der Waals surface area contributed by atoms with Crippen molar-refractivity contribution in [1.82, 2.24) is 5.32 Å². The van der Waals surface area contributed by atoms with Crippen LogP contribution >= 0.6 is 0 Å². The molecule has 0 bridgehead atoms.